The summed E-state index contributed by atoms with van der Waals surface area (Å²) in [5, 5.41) is 37.0. The monoisotopic (exact) mass is 636 g/mol. The van der Waals surface area contributed by atoms with Gasteiger partial charge in [-0.15, -0.1) is 10.2 Å². The molecule has 0 radical (unpaired) electrons. The Balaban J connectivity index is 1.54. The lowest BCUT2D eigenvalue weighted by atomic mass is 10.1. The summed E-state index contributed by atoms with van der Waals surface area (Å²) in [6.45, 7) is -0.406. The van der Waals surface area contributed by atoms with Crippen LogP contribution in [0.15, 0.2) is 51.3 Å². The number of hydrogen-bond donors (Lipinski definition) is 2. The van der Waals surface area contributed by atoms with Crippen LogP contribution in [0.2, 0.25) is 0 Å². The quantitative estimate of drug-likeness (QED) is 0.126. The summed E-state index contributed by atoms with van der Waals surface area (Å²) < 4.78 is 32.7. The van der Waals surface area contributed by atoms with Crippen molar-refractivity contribution in [2.45, 2.75) is 34.2 Å². The highest BCUT2D eigenvalue weighted by Gasteiger charge is 2.33. The van der Waals surface area contributed by atoms with Gasteiger partial charge in [0.1, 0.15) is 0 Å². The van der Waals surface area contributed by atoms with Crippen molar-refractivity contribution in [2.24, 2.45) is 0 Å². The van der Waals surface area contributed by atoms with Crippen molar-refractivity contribution in [1.82, 2.24) is 30.6 Å². The molecule has 2 heterocycles. The average Bonchev–Trinajstić information content (AvgIpc) is 3.54. The van der Waals surface area contributed by atoms with Crippen molar-refractivity contribution in [3.63, 3.8) is 0 Å². The Labute approximate surface area is 243 Å². The Morgan fingerprint density at radius 1 is 1.05 bits per heavy atom. The van der Waals surface area contributed by atoms with Crippen LogP contribution in [0, 0.1) is 20.2 Å². The predicted octanol–water partition coefficient (Wildman–Crippen LogP) is 0.604. The number of tetrazole rings is 1. The van der Waals surface area contributed by atoms with Crippen LogP contribution in [0.1, 0.15) is 29.6 Å². The molecule has 0 bridgehead atoms. The smallest absolute Gasteiger partial charge is 0.334 e. The first kappa shape index (κ1) is 30.6. The molecule has 0 aliphatic carbocycles. The molecule has 1 fully saturated rings. The van der Waals surface area contributed by atoms with Gasteiger partial charge in [-0.3, -0.25) is 39.2 Å². The van der Waals surface area contributed by atoms with E-state index in [1.807, 2.05) is 0 Å². The number of amides is 3. The molecule has 2 N–H and O–H groups in total. The number of aromatic nitrogens is 4. The van der Waals surface area contributed by atoms with Crippen molar-refractivity contribution in [2.75, 3.05) is 6.54 Å². The summed E-state index contributed by atoms with van der Waals surface area (Å²) in [5.41, 5.74) is -2.07. The van der Waals surface area contributed by atoms with E-state index in [9.17, 15) is 47.8 Å². The number of nitro groups is 2. The van der Waals surface area contributed by atoms with Crippen molar-refractivity contribution < 1.29 is 46.8 Å². The van der Waals surface area contributed by atoms with E-state index < -0.39 is 83.4 Å². The Morgan fingerprint density at radius 2 is 1.63 bits per heavy atom. The Bertz CT molecular complexity index is 1720. The van der Waals surface area contributed by atoms with Crippen LogP contribution in [0.25, 0.3) is 5.69 Å². The standard InChI is InChI=1S/C21H16N8O12S2/c30-16-5-6-17(31)27(16)41-18(32)7-8-22-20(33)11-9-14(28(34)35)19(15(10-11)29(36)37)42-21-23-24-25-26(21)12-1-3-13(4-2-12)43(38,39)40/h1-4,9-10H,5-8H2,(H,22,33)(H,38,39,40). The number of nitro benzene ring substituents is 2. The van der Waals surface area contributed by atoms with E-state index in [2.05, 4.69) is 25.7 Å². The molecule has 1 aliphatic rings. The third-order valence-electron chi connectivity index (χ3n) is 5.53. The summed E-state index contributed by atoms with van der Waals surface area (Å²) in [6.07, 6.45) is -0.740. The molecule has 1 aromatic heterocycles. The number of rotatable bonds is 11. The molecule has 2 aromatic carbocycles. The molecule has 0 atom stereocenters. The number of hydrogen-bond acceptors (Lipinski definition) is 15. The highest BCUT2D eigenvalue weighted by atomic mass is 32.2. The molecular formula is C21H16N8O12S2. The normalized spacial score (nSPS) is 13.2. The molecule has 0 saturated carbocycles. The molecule has 4 rings (SSSR count). The zero-order valence-electron chi connectivity index (χ0n) is 21.2. The second-order valence-corrected chi connectivity index (χ2v) is 10.8. The predicted molar refractivity (Wildman–Crippen MR) is 137 cm³/mol. The molecule has 22 heteroatoms. The molecule has 224 valence electrons. The van der Waals surface area contributed by atoms with E-state index in [4.69, 9.17) is 4.55 Å². The highest BCUT2D eigenvalue weighted by Crippen LogP contribution is 2.42. The fraction of sp³-hybridized carbons (Fsp3) is 0.190. The fourth-order valence-electron chi connectivity index (χ4n) is 3.55. The molecule has 3 amide bonds. The third kappa shape index (κ3) is 6.94. The lowest BCUT2D eigenvalue weighted by molar-refractivity contribution is -0.399. The second kappa shape index (κ2) is 12.3. The van der Waals surface area contributed by atoms with Crippen LogP contribution < -0.4 is 5.32 Å². The molecule has 3 aromatic rings. The summed E-state index contributed by atoms with van der Waals surface area (Å²) in [4.78, 5) is 73.2. The van der Waals surface area contributed by atoms with Crippen molar-refractivity contribution in [1.29, 1.82) is 0 Å². The van der Waals surface area contributed by atoms with E-state index in [0.717, 1.165) is 28.9 Å². The number of nitrogens with one attached hydrogen (secondary N) is 1. The summed E-state index contributed by atoms with van der Waals surface area (Å²) in [5.74, 6) is -3.46. The van der Waals surface area contributed by atoms with Crippen LogP contribution in [0.4, 0.5) is 11.4 Å². The lowest BCUT2D eigenvalue weighted by Gasteiger charge is -2.12. The van der Waals surface area contributed by atoms with Crippen LogP contribution in [0.3, 0.4) is 0 Å². The van der Waals surface area contributed by atoms with E-state index in [1.165, 1.54) is 12.1 Å². The number of imide groups is 1. The van der Waals surface area contributed by atoms with Crippen LogP contribution in [-0.4, -0.2) is 78.3 Å². The van der Waals surface area contributed by atoms with Gasteiger partial charge in [0, 0.05) is 31.5 Å². The van der Waals surface area contributed by atoms with Gasteiger partial charge >= 0.3 is 5.97 Å². The Kier molecular flexibility index (Phi) is 8.72. The van der Waals surface area contributed by atoms with Crippen LogP contribution in [-0.2, 0) is 29.3 Å². The van der Waals surface area contributed by atoms with Crippen LogP contribution in [0.5, 0.6) is 0 Å². The van der Waals surface area contributed by atoms with Gasteiger partial charge in [-0.25, -0.2) is 4.79 Å². The zero-order valence-corrected chi connectivity index (χ0v) is 22.8. The van der Waals surface area contributed by atoms with Gasteiger partial charge in [0.25, 0.3) is 39.2 Å². The van der Waals surface area contributed by atoms with Gasteiger partial charge in [0.05, 0.1) is 32.4 Å². The minimum atomic E-state index is -4.51. The number of hydroxylamine groups is 2. The maximum atomic E-state index is 12.7. The van der Waals surface area contributed by atoms with Gasteiger partial charge in [-0.05, 0) is 46.5 Å². The molecule has 1 aliphatic heterocycles. The summed E-state index contributed by atoms with van der Waals surface area (Å²) in [6, 6.07) is 6.00. The van der Waals surface area contributed by atoms with Crippen molar-refractivity contribution in [3.05, 3.63) is 62.2 Å². The molecule has 1 saturated heterocycles. The molecule has 0 spiro atoms. The van der Waals surface area contributed by atoms with Crippen molar-refractivity contribution in [3.8, 4) is 5.69 Å². The van der Waals surface area contributed by atoms with E-state index in [1.54, 1.807) is 0 Å². The maximum Gasteiger partial charge on any atom is 0.334 e. The highest BCUT2D eigenvalue weighted by molar-refractivity contribution is 7.99. The topological polar surface area (TPSA) is 277 Å². The van der Waals surface area contributed by atoms with Gasteiger partial charge in [0.2, 0.25) is 5.16 Å². The first-order valence-corrected chi connectivity index (χ1v) is 13.9. The van der Waals surface area contributed by atoms with E-state index in [0.29, 0.717) is 16.8 Å². The average molecular weight is 637 g/mol. The maximum absolute atomic E-state index is 12.7. The lowest BCUT2D eigenvalue weighted by Crippen LogP contribution is -2.33. The second-order valence-electron chi connectivity index (χ2n) is 8.35. The Hall–Kier alpha value is -5.35. The number of nitrogens with zero attached hydrogens (tertiary/aromatic N) is 7. The van der Waals surface area contributed by atoms with E-state index in [-0.39, 0.29) is 23.7 Å². The first-order chi connectivity index (χ1) is 20.3. The fourth-order valence-corrected chi connectivity index (χ4v) is 4.99. The largest absolute Gasteiger partial charge is 0.351 e. The molecule has 20 nitrogen and oxygen atoms in total. The molecule has 43 heavy (non-hydrogen) atoms. The summed E-state index contributed by atoms with van der Waals surface area (Å²) in [7, 11) is -4.51. The van der Waals surface area contributed by atoms with Gasteiger partial charge in [-0.2, -0.15) is 13.1 Å². The van der Waals surface area contributed by atoms with Crippen molar-refractivity contribution >= 4 is 56.9 Å². The molecular weight excluding hydrogens is 620 g/mol. The number of benzene rings is 2. The minimum Gasteiger partial charge on any atom is -0.351 e. The number of carbonyl (C=O) groups is 4. The van der Waals surface area contributed by atoms with E-state index >= 15 is 0 Å². The Morgan fingerprint density at radius 3 is 2.16 bits per heavy atom. The summed E-state index contributed by atoms with van der Waals surface area (Å²) >= 11 is 0.416. The number of carbonyl (C=O) groups excluding carboxylic acids is 4. The van der Waals surface area contributed by atoms with Gasteiger partial charge in [-0.1, -0.05) is 0 Å². The minimum absolute atomic E-state index is 0.117. The zero-order chi connectivity index (χ0) is 31.5. The SMILES string of the molecule is O=C(CCNC(=O)c1cc([N+](=O)[O-])c(Sc2nnnn2-c2ccc(S(=O)(=O)O)cc2)c([N+](=O)[O-])c1)ON1C(=O)CCC1=O. The van der Waals surface area contributed by atoms with Gasteiger partial charge in [0.15, 0.2) is 4.90 Å². The third-order valence-corrected chi connectivity index (χ3v) is 7.46. The van der Waals surface area contributed by atoms with Gasteiger partial charge < -0.3 is 10.2 Å². The van der Waals surface area contributed by atoms with Crippen LogP contribution >= 0.6 is 11.8 Å². The first-order valence-electron chi connectivity index (χ1n) is 11.6. The molecule has 0 unspecified atom stereocenters.